The molecule has 0 radical (unpaired) electrons. The van der Waals surface area contributed by atoms with E-state index in [1.54, 1.807) is 24.3 Å². The Morgan fingerprint density at radius 3 is 2.64 bits per heavy atom. The molecule has 5 nitrogen and oxygen atoms in total. The zero-order valence-electron chi connectivity index (χ0n) is 11.5. The summed E-state index contributed by atoms with van der Waals surface area (Å²) in [5.74, 6) is 6.07. The Morgan fingerprint density at radius 2 is 1.95 bits per heavy atom. The van der Waals surface area contributed by atoms with Crippen LogP contribution in [0.3, 0.4) is 0 Å². The van der Waals surface area contributed by atoms with Crippen molar-refractivity contribution in [2.45, 2.75) is 0 Å². The van der Waals surface area contributed by atoms with E-state index in [2.05, 4.69) is 11.8 Å². The van der Waals surface area contributed by atoms with E-state index in [0.29, 0.717) is 22.1 Å². The summed E-state index contributed by atoms with van der Waals surface area (Å²) in [4.78, 5) is 10.6. The average molecular weight is 300 g/mol. The van der Waals surface area contributed by atoms with Gasteiger partial charge in [0.25, 0.3) is 0 Å². The summed E-state index contributed by atoms with van der Waals surface area (Å²) < 4.78 is 18.4. The number of hydrogen-bond acceptors (Lipinski definition) is 3. The van der Waals surface area contributed by atoms with Crippen molar-refractivity contribution in [2.24, 2.45) is 5.73 Å². The molecule has 0 aliphatic rings. The van der Waals surface area contributed by atoms with Crippen molar-refractivity contribution in [3.8, 4) is 23.3 Å². The van der Waals surface area contributed by atoms with Crippen molar-refractivity contribution in [2.75, 3.05) is 6.54 Å². The summed E-state index contributed by atoms with van der Waals surface area (Å²) >= 11 is 0. The molecular formula is C16H13FN2O3. The fraction of sp³-hybridized carbons (Fsp3) is 0.0625. The van der Waals surface area contributed by atoms with Crippen LogP contribution in [0.1, 0.15) is 5.56 Å². The van der Waals surface area contributed by atoms with Gasteiger partial charge < -0.3 is 10.5 Å². The van der Waals surface area contributed by atoms with E-state index in [0.717, 1.165) is 0 Å². The molecule has 6 heteroatoms. The fourth-order valence-electron chi connectivity index (χ4n) is 1.57. The van der Waals surface area contributed by atoms with Crippen LogP contribution in [0.4, 0.5) is 9.18 Å². The summed E-state index contributed by atoms with van der Waals surface area (Å²) in [6.07, 6.45) is 0. The number of ether oxygens (including phenoxy) is 1. The normalized spacial score (nSPS) is 9.55. The number of nitrogens with two attached hydrogens (primary N) is 1. The van der Waals surface area contributed by atoms with E-state index in [9.17, 15) is 9.18 Å². The molecule has 0 fully saturated rings. The highest BCUT2D eigenvalue weighted by atomic mass is 19.1. The molecule has 0 saturated heterocycles. The van der Waals surface area contributed by atoms with Crippen molar-refractivity contribution in [3.05, 3.63) is 59.9 Å². The molecule has 2 rings (SSSR count). The number of primary amides is 1. The minimum atomic E-state index is -0.970. The van der Waals surface area contributed by atoms with Crippen LogP contribution in [0.5, 0.6) is 11.5 Å². The van der Waals surface area contributed by atoms with Crippen LogP contribution in [-0.2, 0) is 0 Å². The molecule has 2 amide bonds. The van der Waals surface area contributed by atoms with Gasteiger partial charge in [0, 0.05) is 5.56 Å². The molecule has 0 aliphatic carbocycles. The van der Waals surface area contributed by atoms with Crippen molar-refractivity contribution >= 4 is 6.03 Å². The lowest BCUT2D eigenvalue weighted by Gasteiger charge is -2.06. The third-order valence-electron chi connectivity index (χ3n) is 2.60. The highest BCUT2D eigenvalue weighted by Gasteiger charge is 2.01. The molecule has 0 bridgehead atoms. The Balaban J connectivity index is 2.05. The molecule has 0 aromatic heterocycles. The quantitative estimate of drug-likeness (QED) is 0.520. The van der Waals surface area contributed by atoms with Gasteiger partial charge in [-0.2, -0.15) is 5.06 Å². The first-order valence-electron chi connectivity index (χ1n) is 6.33. The van der Waals surface area contributed by atoms with Crippen LogP contribution in [0.25, 0.3) is 0 Å². The molecule has 0 aliphatic heterocycles. The molecule has 2 aromatic carbocycles. The second-order valence-corrected chi connectivity index (χ2v) is 4.28. The monoisotopic (exact) mass is 300 g/mol. The third-order valence-corrected chi connectivity index (χ3v) is 2.60. The first kappa shape index (κ1) is 15.4. The molecule has 0 saturated carbocycles. The van der Waals surface area contributed by atoms with Crippen molar-refractivity contribution in [1.82, 2.24) is 5.06 Å². The Bertz CT molecular complexity index is 720. The second-order valence-electron chi connectivity index (χ2n) is 4.28. The van der Waals surface area contributed by atoms with Gasteiger partial charge >= 0.3 is 6.03 Å². The van der Waals surface area contributed by atoms with Gasteiger partial charge in [-0.25, -0.2) is 9.18 Å². The van der Waals surface area contributed by atoms with Gasteiger partial charge in [0.15, 0.2) is 0 Å². The van der Waals surface area contributed by atoms with Crippen molar-refractivity contribution < 1.29 is 19.1 Å². The Morgan fingerprint density at radius 1 is 1.23 bits per heavy atom. The largest absolute Gasteiger partial charge is 0.457 e. The number of benzene rings is 2. The number of halogens is 1. The molecular weight excluding hydrogens is 287 g/mol. The van der Waals surface area contributed by atoms with Gasteiger partial charge in [-0.15, -0.1) is 0 Å². The van der Waals surface area contributed by atoms with Crippen LogP contribution in [-0.4, -0.2) is 22.8 Å². The Labute approximate surface area is 126 Å². The predicted octanol–water partition coefficient (Wildman–Crippen LogP) is 2.74. The number of hydroxylamine groups is 2. The van der Waals surface area contributed by atoms with E-state index in [1.165, 1.54) is 24.3 Å². The van der Waals surface area contributed by atoms with Gasteiger partial charge in [0.05, 0.1) is 0 Å². The van der Waals surface area contributed by atoms with Crippen molar-refractivity contribution in [1.29, 1.82) is 0 Å². The van der Waals surface area contributed by atoms with Gasteiger partial charge in [0.1, 0.15) is 23.9 Å². The minimum Gasteiger partial charge on any atom is -0.457 e. The maximum Gasteiger partial charge on any atom is 0.339 e. The number of carbonyl (C=O) groups excluding carboxylic acids is 1. The van der Waals surface area contributed by atoms with Gasteiger partial charge in [0.2, 0.25) is 0 Å². The van der Waals surface area contributed by atoms with E-state index >= 15 is 0 Å². The van der Waals surface area contributed by atoms with E-state index in [-0.39, 0.29) is 12.4 Å². The van der Waals surface area contributed by atoms with Gasteiger partial charge in [-0.3, -0.25) is 5.21 Å². The lowest BCUT2D eigenvalue weighted by Crippen LogP contribution is -2.32. The molecule has 0 spiro atoms. The molecule has 0 atom stereocenters. The number of amides is 2. The summed E-state index contributed by atoms with van der Waals surface area (Å²) in [6.45, 7) is -0.196. The number of hydrogen-bond donors (Lipinski definition) is 2. The van der Waals surface area contributed by atoms with Crippen LogP contribution < -0.4 is 10.5 Å². The molecule has 3 N–H and O–H groups in total. The molecule has 22 heavy (non-hydrogen) atoms. The summed E-state index contributed by atoms with van der Waals surface area (Å²) in [6, 6.07) is 11.6. The third kappa shape index (κ3) is 4.51. The zero-order chi connectivity index (χ0) is 15.9. The number of rotatable bonds is 3. The maximum atomic E-state index is 12.8. The topological polar surface area (TPSA) is 75.8 Å². The second kappa shape index (κ2) is 7.11. The number of nitrogens with zero attached hydrogens (tertiary/aromatic N) is 1. The highest BCUT2D eigenvalue weighted by Crippen LogP contribution is 2.22. The fourth-order valence-corrected chi connectivity index (χ4v) is 1.57. The molecule has 2 aromatic rings. The smallest absolute Gasteiger partial charge is 0.339 e. The van der Waals surface area contributed by atoms with Gasteiger partial charge in [-0.05, 0) is 42.5 Å². The van der Waals surface area contributed by atoms with Crippen LogP contribution in [0, 0.1) is 17.7 Å². The standard InChI is InChI=1S/C16H13FN2O3/c17-13-6-8-14(9-7-13)22-15-5-1-3-12(11-15)4-2-10-19(21)16(18)20/h1,3,5-9,11,21H,10H2,(H2,18,20). The van der Waals surface area contributed by atoms with Gasteiger partial charge in [-0.1, -0.05) is 17.9 Å². The Hall–Kier alpha value is -3.04. The van der Waals surface area contributed by atoms with E-state index < -0.39 is 6.03 Å². The summed E-state index contributed by atoms with van der Waals surface area (Å²) in [5.41, 5.74) is 5.50. The van der Waals surface area contributed by atoms with Crippen LogP contribution in [0.15, 0.2) is 48.5 Å². The predicted molar refractivity (Wildman–Crippen MR) is 77.9 cm³/mol. The Kier molecular flexibility index (Phi) is 4.96. The number of urea groups is 1. The van der Waals surface area contributed by atoms with Crippen LogP contribution in [0.2, 0.25) is 0 Å². The molecule has 112 valence electrons. The SMILES string of the molecule is NC(=O)N(O)CC#Cc1cccc(Oc2ccc(F)cc2)c1. The highest BCUT2D eigenvalue weighted by molar-refractivity contribution is 5.70. The summed E-state index contributed by atoms with van der Waals surface area (Å²) in [7, 11) is 0. The van der Waals surface area contributed by atoms with E-state index in [1.807, 2.05) is 0 Å². The lowest BCUT2D eigenvalue weighted by molar-refractivity contribution is -0.0269. The first-order chi connectivity index (χ1) is 10.5. The summed E-state index contributed by atoms with van der Waals surface area (Å²) in [5, 5.41) is 9.39. The zero-order valence-corrected chi connectivity index (χ0v) is 11.5. The number of carbonyl (C=O) groups is 1. The minimum absolute atomic E-state index is 0.196. The average Bonchev–Trinajstić information content (AvgIpc) is 2.50. The lowest BCUT2D eigenvalue weighted by atomic mass is 10.2. The maximum absolute atomic E-state index is 12.8. The molecule has 0 unspecified atom stereocenters. The van der Waals surface area contributed by atoms with Crippen molar-refractivity contribution in [3.63, 3.8) is 0 Å². The van der Waals surface area contributed by atoms with E-state index in [4.69, 9.17) is 15.7 Å². The first-order valence-corrected chi connectivity index (χ1v) is 6.33. The van der Waals surface area contributed by atoms with Crippen LogP contribution >= 0.6 is 0 Å². The molecule has 0 heterocycles.